The number of para-hydroxylation sites is 3. The van der Waals surface area contributed by atoms with E-state index in [1.807, 2.05) is 91.0 Å². The molecule has 4 heteroatoms. The fourth-order valence-corrected chi connectivity index (χ4v) is 2.86. The Morgan fingerprint density at radius 2 is 0.897 bits per heavy atom. The smallest absolute Gasteiger partial charge is 0.179 e. The van der Waals surface area contributed by atoms with E-state index >= 15 is 0 Å². The van der Waals surface area contributed by atoms with Gasteiger partial charge in [-0.25, -0.2) is 0 Å². The van der Waals surface area contributed by atoms with Crippen LogP contribution in [0.1, 0.15) is 5.56 Å². The van der Waals surface area contributed by atoms with Crippen molar-refractivity contribution in [2.45, 2.75) is 6.61 Å². The van der Waals surface area contributed by atoms with E-state index in [-0.39, 0.29) is 6.61 Å². The maximum absolute atomic E-state index is 10.1. The molecule has 4 aromatic carbocycles. The Labute approximate surface area is 169 Å². The molecule has 4 rings (SSSR count). The Morgan fingerprint density at radius 3 is 1.38 bits per heavy atom. The molecule has 0 unspecified atom stereocenters. The van der Waals surface area contributed by atoms with E-state index in [0.29, 0.717) is 40.1 Å². The van der Waals surface area contributed by atoms with Gasteiger partial charge in [-0.1, -0.05) is 54.6 Å². The normalized spacial score (nSPS) is 10.4. The number of rotatable bonds is 7. The third kappa shape index (κ3) is 4.57. The Bertz CT molecular complexity index is 1050. The summed E-state index contributed by atoms with van der Waals surface area (Å²) >= 11 is 0. The van der Waals surface area contributed by atoms with Crippen LogP contribution in [-0.4, -0.2) is 5.11 Å². The Hall–Kier alpha value is -3.76. The minimum atomic E-state index is -0.268. The predicted octanol–water partition coefficient (Wildman–Crippen LogP) is 6.56. The lowest BCUT2D eigenvalue weighted by Gasteiger charge is -2.18. The molecule has 0 aromatic heterocycles. The average molecular weight is 384 g/mol. The topological polar surface area (TPSA) is 47.9 Å². The highest BCUT2D eigenvalue weighted by Crippen LogP contribution is 2.43. The van der Waals surface area contributed by atoms with Crippen LogP contribution in [0.5, 0.6) is 34.5 Å². The molecule has 0 saturated heterocycles. The van der Waals surface area contributed by atoms with Gasteiger partial charge in [0, 0.05) is 0 Å². The fraction of sp³-hybridized carbons (Fsp3) is 0.0400. The first kappa shape index (κ1) is 18.6. The van der Waals surface area contributed by atoms with E-state index in [0.717, 1.165) is 0 Å². The van der Waals surface area contributed by atoms with Crippen LogP contribution in [0, 0.1) is 0 Å². The molecular weight excluding hydrogens is 364 g/mol. The van der Waals surface area contributed by atoms with Crippen LogP contribution in [0.15, 0.2) is 103 Å². The molecule has 0 atom stereocenters. The number of hydrogen-bond acceptors (Lipinski definition) is 4. The maximum atomic E-state index is 10.1. The van der Waals surface area contributed by atoms with Gasteiger partial charge in [0.1, 0.15) is 23.0 Å². The molecule has 0 aliphatic heterocycles. The van der Waals surface area contributed by atoms with Gasteiger partial charge in [0.2, 0.25) is 0 Å². The van der Waals surface area contributed by atoms with E-state index in [4.69, 9.17) is 14.2 Å². The Kier molecular flexibility index (Phi) is 5.74. The van der Waals surface area contributed by atoms with Crippen LogP contribution >= 0.6 is 0 Å². The van der Waals surface area contributed by atoms with Crippen LogP contribution in [0.2, 0.25) is 0 Å². The summed E-state index contributed by atoms with van der Waals surface area (Å²) in [5.41, 5.74) is 0.506. The third-order valence-corrected chi connectivity index (χ3v) is 4.24. The highest BCUT2D eigenvalue weighted by atomic mass is 16.5. The average Bonchev–Trinajstić information content (AvgIpc) is 2.78. The first-order valence-corrected chi connectivity index (χ1v) is 9.29. The SMILES string of the molecule is OCc1c(Oc2ccccc2)ccc(Oc2ccccc2)c1Oc1ccccc1. The van der Waals surface area contributed by atoms with Crippen molar-refractivity contribution in [1.82, 2.24) is 0 Å². The van der Waals surface area contributed by atoms with Gasteiger partial charge in [-0.2, -0.15) is 0 Å². The molecule has 1 N–H and O–H groups in total. The van der Waals surface area contributed by atoms with E-state index in [1.54, 1.807) is 12.1 Å². The molecule has 0 aliphatic rings. The molecule has 0 bridgehead atoms. The summed E-state index contributed by atoms with van der Waals surface area (Å²) in [5, 5.41) is 10.1. The molecule has 0 fully saturated rings. The van der Waals surface area contributed by atoms with Crippen LogP contribution in [0.4, 0.5) is 0 Å². The predicted molar refractivity (Wildman–Crippen MR) is 112 cm³/mol. The lowest BCUT2D eigenvalue weighted by atomic mass is 10.1. The second-order valence-corrected chi connectivity index (χ2v) is 6.27. The van der Waals surface area contributed by atoms with Crippen LogP contribution in [-0.2, 0) is 6.61 Å². The molecule has 0 saturated carbocycles. The monoisotopic (exact) mass is 384 g/mol. The van der Waals surface area contributed by atoms with Crippen LogP contribution < -0.4 is 14.2 Å². The summed E-state index contributed by atoms with van der Waals surface area (Å²) in [6.45, 7) is -0.268. The van der Waals surface area contributed by atoms with E-state index < -0.39 is 0 Å². The van der Waals surface area contributed by atoms with Gasteiger partial charge in [-0.15, -0.1) is 0 Å². The summed E-state index contributed by atoms with van der Waals surface area (Å²) in [5.74, 6) is 3.39. The lowest BCUT2D eigenvalue weighted by Crippen LogP contribution is -1.99. The lowest BCUT2D eigenvalue weighted by molar-refractivity contribution is 0.269. The zero-order chi connectivity index (χ0) is 19.9. The van der Waals surface area contributed by atoms with Gasteiger partial charge in [-0.3, -0.25) is 0 Å². The van der Waals surface area contributed by atoms with Gasteiger partial charge >= 0.3 is 0 Å². The molecular formula is C25H20O4. The number of hydrogen-bond donors (Lipinski definition) is 1. The minimum Gasteiger partial charge on any atom is -0.457 e. The standard InChI is InChI=1S/C25H20O4/c26-18-22-23(27-19-10-4-1-5-11-19)16-17-24(28-20-12-6-2-7-13-20)25(22)29-21-14-8-3-9-15-21/h1-17,26H,18H2. The summed E-state index contributed by atoms with van der Waals surface area (Å²) in [6, 6.07) is 31.8. The molecule has 29 heavy (non-hydrogen) atoms. The van der Waals surface area contributed by atoms with Crippen molar-refractivity contribution < 1.29 is 19.3 Å². The zero-order valence-corrected chi connectivity index (χ0v) is 15.7. The third-order valence-electron chi connectivity index (χ3n) is 4.24. The number of benzene rings is 4. The zero-order valence-electron chi connectivity index (χ0n) is 15.7. The van der Waals surface area contributed by atoms with Gasteiger partial charge in [0.05, 0.1) is 12.2 Å². The Morgan fingerprint density at radius 1 is 0.483 bits per heavy atom. The largest absolute Gasteiger partial charge is 0.457 e. The second-order valence-electron chi connectivity index (χ2n) is 6.27. The molecule has 4 nitrogen and oxygen atoms in total. The first-order valence-electron chi connectivity index (χ1n) is 9.29. The van der Waals surface area contributed by atoms with E-state index in [2.05, 4.69) is 0 Å². The van der Waals surface area contributed by atoms with Gasteiger partial charge < -0.3 is 19.3 Å². The van der Waals surface area contributed by atoms with E-state index in [1.165, 1.54) is 0 Å². The molecule has 0 heterocycles. The van der Waals surface area contributed by atoms with Crippen molar-refractivity contribution in [1.29, 1.82) is 0 Å². The van der Waals surface area contributed by atoms with Crippen molar-refractivity contribution >= 4 is 0 Å². The molecule has 0 aliphatic carbocycles. The molecule has 0 radical (unpaired) electrons. The molecule has 0 amide bonds. The van der Waals surface area contributed by atoms with Gasteiger partial charge in [0.25, 0.3) is 0 Å². The van der Waals surface area contributed by atoms with Crippen molar-refractivity contribution in [3.05, 3.63) is 109 Å². The molecule has 4 aromatic rings. The summed E-state index contributed by atoms with van der Waals surface area (Å²) in [6.07, 6.45) is 0. The Balaban J connectivity index is 1.76. The van der Waals surface area contributed by atoms with Gasteiger partial charge in [-0.05, 0) is 48.5 Å². The quantitative estimate of drug-likeness (QED) is 0.392. The van der Waals surface area contributed by atoms with Gasteiger partial charge in [0.15, 0.2) is 11.5 Å². The molecule has 0 spiro atoms. The second kappa shape index (κ2) is 8.95. The number of aliphatic hydroxyl groups is 1. The fourth-order valence-electron chi connectivity index (χ4n) is 2.86. The maximum Gasteiger partial charge on any atom is 0.179 e. The number of aliphatic hydroxyl groups excluding tert-OH is 1. The minimum absolute atomic E-state index is 0.268. The first-order chi connectivity index (χ1) is 14.3. The number of ether oxygens (including phenoxy) is 3. The van der Waals surface area contributed by atoms with Crippen molar-refractivity contribution in [3.63, 3.8) is 0 Å². The summed E-state index contributed by atoms with van der Waals surface area (Å²) in [4.78, 5) is 0. The van der Waals surface area contributed by atoms with Crippen molar-refractivity contribution in [3.8, 4) is 34.5 Å². The molecule has 144 valence electrons. The van der Waals surface area contributed by atoms with Crippen molar-refractivity contribution in [2.24, 2.45) is 0 Å². The summed E-state index contributed by atoms with van der Waals surface area (Å²) < 4.78 is 18.1. The van der Waals surface area contributed by atoms with E-state index in [9.17, 15) is 5.11 Å². The van der Waals surface area contributed by atoms with Crippen LogP contribution in [0.3, 0.4) is 0 Å². The van der Waals surface area contributed by atoms with Crippen LogP contribution in [0.25, 0.3) is 0 Å². The van der Waals surface area contributed by atoms with Crippen molar-refractivity contribution in [2.75, 3.05) is 0 Å². The highest BCUT2D eigenvalue weighted by molar-refractivity contribution is 5.57. The summed E-state index contributed by atoms with van der Waals surface area (Å²) in [7, 11) is 0. The highest BCUT2D eigenvalue weighted by Gasteiger charge is 2.19.